The Balaban J connectivity index is 1.43. The summed E-state index contributed by atoms with van der Waals surface area (Å²) in [5.74, 6) is 0.949. The number of benzene rings is 2. The van der Waals surface area contributed by atoms with Gasteiger partial charge in [0, 0.05) is 26.7 Å². The Hall–Kier alpha value is -1.63. The van der Waals surface area contributed by atoms with Crippen LogP contribution in [0.3, 0.4) is 0 Å². The Bertz CT molecular complexity index is 860. The molecule has 2 aromatic carbocycles. The van der Waals surface area contributed by atoms with E-state index in [0.29, 0.717) is 11.6 Å². The lowest BCUT2D eigenvalue weighted by Crippen LogP contribution is -2.11. The van der Waals surface area contributed by atoms with Crippen molar-refractivity contribution in [2.24, 2.45) is 0 Å². The van der Waals surface area contributed by atoms with Crippen molar-refractivity contribution in [1.82, 2.24) is 4.98 Å². The SMILES string of the molecule is Cc1ccc(SCCCC(=O)Nc2nc(-c3ccc(Br)cc3)cs2)cc1. The first-order valence-electron chi connectivity index (χ1n) is 8.31. The highest BCUT2D eigenvalue weighted by Crippen LogP contribution is 2.26. The number of amides is 1. The molecule has 0 aliphatic heterocycles. The summed E-state index contributed by atoms with van der Waals surface area (Å²) >= 11 is 6.66. The van der Waals surface area contributed by atoms with Gasteiger partial charge in [0.15, 0.2) is 5.13 Å². The molecular weight excluding hydrogens is 428 g/mol. The Kier molecular flexibility index (Phi) is 6.88. The first-order chi connectivity index (χ1) is 12.6. The molecule has 3 aromatic rings. The van der Waals surface area contributed by atoms with E-state index < -0.39 is 0 Å². The number of aryl methyl sites for hydroxylation is 1. The normalized spacial score (nSPS) is 10.7. The number of hydrogen-bond acceptors (Lipinski definition) is 4. The van der Waals surface area contributed by atoms with Crippen molar-refractivity contribution < 1.29 is 4.79 Å². The zero-order valence-electron chi connectivity index (χ0n) is 14.4. The third-order valence-corrected chi connectivity index (χ3v) is 6.11. The van der Waals surface area contributed by atoms with Crippen molar-refractivity contribution in [3.8, 4) is 11.3 Å². The highest BCUT2D eigenvalue weighted by atomic mass is 79.9. The van der Waals surface area contributed by atoms with Crippen LogP contribution in [0, 0.1) is 6.92 Å². The van der Waals surface area contributed by atoms with Gasteiger partial charge in [0.1, 0.15) is 0 Å². The van der Waals surface area contributed by atoms with Crippen LogP contribution in [0.25, 0.3) is 11.3 Å². The van der Waals surface area contributed by atoms with Crippen molar-refractivity contribution in [2.45, 2.75) is 24.7 Å². The van der Waals surface area contributed by atoms with Crippen molar-refractivity contribution in [3.05, 3.63) is 63.9 Å². The fourth-order valence-electron chi connectivity index (χ4n) is 2.32. The maximum absolute atomic E-state index is 12.1. The number of nitrogens with zero attached hydrogens (tertiary/aromatic N) is 1. The molecule has 0 atom stereocenters. The van der Waals surface area contributed by atoms with Crippen LogP contribution >= 0.6 is 39.0 Å². The van der Waals surface area contributed by atoms with Gasteiger partial charge in [0.25, 0.3) is 0 Å². The fraction of sp³-hybridized carbons (Fsp3) is 0.200. The van der Waals surface area contributed by atoms with Gasteiger partial charge in [-0.1, -0.05) is 45.8 Å². The Morgan fingerprint density at radius 1 is 1.15 bits per heavy atom. The van der Waals surface area contributed by atoms with E-state index in [9.17, 15) is 4.79 Å². The van der Waals surface area contributed by atoms with Crippen molar-refractivity contribution in [3.63, 3.8) is 0 Å². The zero-order valence-corrected chi connectivity index (χ0v) is 17.6. The molecule has 1 heterocycles. The summed E-state index contributed by atoms with van der Waals surface area (Å²) in [4.78, 5) is 17.8. The number of carbonyl (C=O) groups excluding carboxylic acids is 1. The Labute approximate surface area is 170 Å². The van der Waals surface area contributed by atoms with Crippen LogP contribution in [-0.4, -0.2) is 16.6 Å². The minimum atomic E-state index is 0.0196. The number of hydrogen-bond donors (Lipinski definition) is 1. The first kappa shape index (κ1) is 19.1. The summed E-state index contributed by atoms with van der Waals surface area (Å²) in [6.45, 7) is 2.08. The monoisotopic (exact) mass is 446 g/mol. The zero-order chi connectivity index (χ0) is 18.4. The molecule has 3 rings (SSSR count). The average Bonchev–Trinajstić information content (AvgIpc) is 3.09. The molecule has 1 N–H and O–H groups in total. The fourth-order valence-corrected chi connectivity index (χ4v) is 4.18. The second kappa shape index (κ2) is 9.35. The number of rotatable bonds is 7. The van der Waals surface area contributed by atoms with E-state index >= 15 is 0 Å². The second-order valence-corrected chi connectivity index (χ2v) is 8.80. The number of halogens is 1. The van der Waals surface area contributed by atoms with Crippen LogP contribution in [0.15, 0.2) is 63.3 Å². The standard InChI is InChI=1S/C20H19BrN2OS2/c1-14-4-10-17(11-5-14)25-12-2-3-19(24)23-20-22-18(13-26-20)15-6-8-16(21)9-7-15/h4-11,13H,2-3,12H2,1H3,(H,22,23,24). The lowest BCUT2D eigenvalue weighted by molar-refractivity contribution is -0.116. The van der Waals surface area contributed by atoms with E-state index in [4.69, 9.17) is 0 Å². The molecular formula is C20H19BrN2OS2. The summed E-state index contributed by atoms with van der Waals surface area (Å²) in [6.07, 6.45) is 1.35. The van der Waals surface area contributed by atoms with Gasteiger partial charge in [-0.15, -0.1) is 23.1 Å². The summed E-state index contributed by atoms with van der Waals surface area (Å²) in [5, 5.41) is 5.52. The molecule has 26 heavy (non-hydrogen) atoms. The predicted molar refractivity (Wildman–Crippen MR) is 115 cm³/mol. The van der Waals surface area contributed by atoms with Crippen LogP contribution in [0.5, 0.6) is 0 Å². The van der Waals surface area contributed by atoms with Crippen LogP contribution in [-0.2, 0) is 4.79 Å². The highest BCUT2D eigenvalue weighted by Gasteiger charge is 2.08. The molecule has 6 heteroatoms. The number of nitrogens with one attached hydrogen (secondary N) is 1. The summed E-state index contributed by atoms with van der Waals surface area (Å²) in [7, 11) is 0. The van der Waals surface area contributed by atoms with Gasteiger partial charge in [0.05, 0.1) is 5.69 Å². The van der Waals surface area contributed by atoms with E-state index in [1.807, 2.05) is 29.6 Å². The second-order valence-electron chi connectivity index (χ2n) is 5.86. The van der Waals surface area contributed by atoms with Gasteiger partial charge in [-0.2, -0.15) is 0 Å². The van der Waals surface area contributed by atoms with Gasteiger partial charge in [0.2, 0.25) is 5.91 Å². The smallest absolute Gasteiger partial charge is 0.226 e. The van der Waals surface area contributed by atoms with Crippen LogP contribution in [0.1, 0.15) is 18.4 Å². The number of carbonyl (C=O) groups is 1. The number of aromatic nitrogens is 1. The van der Waals surface area contributed by atoms with E-state index in [0.717, 1.165) is 27.9 Å². The highest BCUT2D eigenvalue weighted by molar-refractivity contribution is 9.10. The molecule has 0 unspecified atom stereocenters. The average molecular weight is 447 g/mol. The largest absolute Gasteiger partial charge is 0.302 e. The van der Waals surface area contributed by atoms with Gasteiger partial charge >= 0.3 is 0 Å². The van der Waals surface area contributed by atoms with Gasteiger partial charge in [-0.25, -0.2) is 4.98 Å². The molecule has 0 radical (unpaired) electrons. The summed E-state index contributed by atoms with van der Waals surface area (Å²) in [6, 6.07) is 16.5. The molecule has 0 aliphatic carbocycles. The van der Waals surface area contributed by atoms with E-state index in [2.05, 4.69) is 57.4 Å². The van der Waals surface area contributed by atoms with E-state index in [1.165, 1.54) is 21.8 Å². The lowest BCUT2D eigenvalue weighted by Gasteiger charge is -2.03. The Morgan fingerprint density at radius 3 is 2.62 bits per heavy atom. The molecule has 0 spiro atoms. The van der Waals surface area contributed by atoms with Crippen molar-refractivity contribution in [2.75, 3.05) is 11.1 Å². The minimum absolute atomic E-state index is 0.0196. The number of anilines is 1. The van der Waals surface area contributed by atoms with Crippen LogP contribution in [0.2, 0.25) is 0 Å². The van der Waals surface area contributed by atoms with E-state index in [-0.39, 0.29) is 5.91 Å². The topological polar surface area (TPSA) is 42.0 Å². The number of thioether (sulfide) groups is 1. The van der Waals surface area contributed by atoms with Gasteiger partial charge < -0.3 is 5.32 Å². The van der Waals surface area contributed by atoms with Crippen molar-refractivity contribution >= 4 is 50.1 Å². The molecule has 3 nitrogen and oxygen atoms in total. The lowest BCUT2D eigenvalue weighted by atomic mass is 10.2. The molecule has 1 amide bonds. The number of thiazole rings is 1. The summed E-state index contributed by atoms with van der Waals surface area (Å²) in [5.41, 5.74) is 3.19. The first-order valence-corrected chi connectivity index (χ1v) is 11.0. The van der Waals surface area contributed by atoms with Crippen molar-refractivity contribution in [1.29, 1.82) is 0 Å². The molecule has 134 valence electrons. The predicted octanol–water partition coefficient (Wildman–Crippen LogP) is 6.39. The molecule has 0 aliphatic rings. The molecule has 0 saturated carbocycles. The third-order valence-electron chi connectivity index (χ3n) is 3.73. The minimum Gasteiger partial charge on any atom is -0.302 e. The molecule has 1 aromatic heterocycles. The molecule has 0 saturated heterocycles. The quantitative estimate of drug-likeness (QED) is 0.337. The van der Waals surface area contributed by atoms with Gasteiger partial charge in [-0.05, 0) is 43.4 Å². The third kappa shape index (κ3) is 5.69. The van der Waals surface area contributed by atoms with Crippen LogP contribution in [0.4, 0.5) is 5.13 Å². The molecule has 0 bridgehead atoms. The molecule has 0 fully saturated rings. The Morgan fingerprint density at radius 2 is 1.88 bits per heavy atom. The summed E-state index contributed by atoms with van der Waals surface area (Å²) < 4.78 is 1.04. The van der Waals surface area contributed by atoms with Crippen LogP contribution < -0.4 is 5.32 Å². The van der Waals surface area contributed by atoms with Gasteiger partial charge in [-0.3, -0.25) is 4.79 Å². The maximum Gasteiger partial charge on any atom is 0.226 e. The van der Waals surface area contributed by atoms with E-state index in [1.54, 1.807) is 11.8 Å². The maximum atomic E-state index is 12.1.